The molecular formula is C23H27ClN4O3. The Kier molecular flexibility index (Phi) is 7.65. The molecule has 0 unspecified atom stereocenters. The topological polar surface area (TPSA) is 76.3 Å². The third kappa shape index (κ3) is 5.42. The Morgan fingerprint density at radius 1 is 0.935 bits per heavy atom. The molecule has 0 aliphatic rings. The molecule has 0 bridgehead atoms. The highest BCUT2D eigenvalue weighted by Gasteiger charge is 2.15. The van der Waals surface area contributed by atoms with Crippen molar-refractivity contribution < 1.29 is 4.79 Å². The fraction of sp³-hybridized carbons (Fsp3) is 0.348. The van der Waals surface area contributed by atoms with Crippen LogP contribution in [0.2, 0.25) is 5.02 Å². The van der Waals surface area contributed by atoms with Crippen molar-refractivity contribution in [3.05, 3.63) is 79.8 Å². The summed E-state index contributed by atoms with van der Waals surface area (Å²) < 4.78 is 2.69. The van der Waals surface area contributed by atoms with Crippen LogP contribution < -0.4 is 16.4 Å². The number of aromatic nitrogens is 2. The van der Waals surface area contributed by atoms with E-state index in [-0.39, 0.29) is 19.0 Å². The van der Waals surface area contributed by atoms with Gasteiger partial charge in [0.25, 0.3) is 0 Å². The minimum Gasteiger partial charge on any atom is -0.353 e. The quantitative estimate of drug-likeness (QED) is 0.516. The lowest BCUT2D eigenvalue weighted by atomic mass is 10.2. The largest absolute Gasteiger partial charge is 0.353 e. The van der Waals surface area contributed by atoms with Gasteiger partial charge in [-0.2, -0.15) is 0 Å². The summed E-state index contributed by atoms with van der Waals surface area (Å²) in [6.45, 7) is 7.20. The standard InChI is InChI=1S/C23H27ClN4O3/c1-3-26(4-2)14-13-25-21(29)16-28-20-8-6-5-7-19(20)27(22(30)23(28)31)15-17-9-11-18(24)12-10-17/h5-12H,3-4,13-16H2,1-2H3,(H,25,29). The summed E-state index contributed by atoms with van der Waals surface area (Å²) >= 11 is 5.94. The van der Waals surface area contributed by atoms with Crippen molar-refractivity contribution in [3.63, 3.8) is 0 Å². The maximum Gasteiger partial charge on any atom is 0.317 e. The molecule has 0 saturated heterocycles. The van der Waals surface area contributed by atoms with Crippen molar-refractivity contribution >= 4 is 28.5 Å². The van der Waals surface area contributed by atoms with Gasteiger partial charge in [-0.15, -0.1) is 0 Å². The van der Waals surface area contributed by atoms with Gasteiger partial charge in [-0.05, 0) is 42.9 Å². The first kappa shape index (κ1) is 22.8. The zero-order valence-electron chi connectivity index (χ0n) is 17.8. The van der Waals surface area contributed by atoms with Gasteiger partial charge in [-0.3, -0.25) is 23.5 Å². The molecule has 164 valence electrons. The zero-order valence-corrected chi connectivity index (χ0v) is 18.6. The molecular weight excluding hydrogens is 416 g/mol. The van der Waals surface area contributed by atoms with Crippen LogP contribution in [0.5, 0.6) is 0 Å². The van der Waals surface area contributed by atoms with Gasteiger partial charge in [0.2, 0.25) is 5.91 Å². The van der Waals surface area contributed by atoms with Crippen LogP contribution in [0.4, 0.5) is 0 Å². The van der Waals surface area contributed by atoms with Crippen molar-refractivity contribution in [1.82, 2.24) is 19.4 Å². The monoisotopic (exact) mass is 442 g/mol. The summed E-state index contributed by atoms with van der Waals surface area (Å²) in [5, 5.41) is 3.44. The maximum atomic E-state index is 12.9. The number of likely N-dealkylation sites (N-methyl/N-ethyl adjacent to an activating group) is 1. The van der Waals surface area contributed by atoms with Crippen molar-refractivity contribution in [1.29, 1.82) is 0 Å². The van der Waals surface area contributed by atoms with Gasteiger partial charge >= 0.3 is 11.1 Å². The molecule has 31 heavy (non-hydrogen) atoms. The molecule has 1 aromatic heterocycles. The Balaban J connectivity index is 1.89. The molecule has 0 aliphatic heterocycles. The normalized spacial score (nSPS) is 11.2. The van der Waals surface area contributed by atoms with Crippen LogP contribution in [0.15, 0.2) is 58.1 Å². The summed E-state index contributed by atoms with van der Waals surface area (Å²) in [6, 6.07) is 14.2. The van der Waals surface area contributed by atoms with Gasteiger partial charge in [-0.25, -0.2) is 0 Å². The van der Waals surface area contributed by atoms with Crippen LogP contribution in [0.25, 0.3) is 11.0 Å². The van der Waals surface area contributed by atoms with Gasteiger partial charge in [-0.1, -0.05) is 49.7 Å². The Morgan fingerprint density at radius 2 is 1.52 bits per heavy atom. The van der Waals surface area contributed by atoms with E-state index in [4.69, 9.17) is 11.6 Å². The fourth-order valence-corrected chi connectivity index (χ4v) is 3.68. The molecule has 0 saturated carbocycles. The maximum absolute atomic E-state index is 12.9. The number of rotatable bonds is 9. The smallest absolute Gasteiger partial charge is 0.317 e. The average molecular weight is 443 g/mol. The molecule has 7 nitrogen and oxygen atoms in total. The predicted octanol–water partition coefficient (Wildman–Crippen LogP) is 2.32. The van der Waals surface area contributed by atoms with Gasteiger partial charge in [0.1, 0.15) is 6.54 Å². The number of halogens is 1. The number of benzene rings is 2. The van der Waals surface area contributed by atoms with Crippen LogP contribution in [0.1, 0.15) is 19.4 Å². The molecule has 1 N–H and O–H groups in total. The van der Waals surface area contributed by atoms with E-state index in [1.807, 2.05) is 12.1 Å². The summed E-state index contributed by atoms with van der Waals surface area (Å²) in [4.78, 5) is 40.5. The number of carbonyl (C=O) groups is 1. The SMILES string of the molecule is CCN(CC)CCNC(=O)Cn1c(=O)c(=O)n(Cc2ccc(Cl)cc2)c2ccccc21. The number of amides is 1. The lowest BCUT2D eigenvalue weighted by molar-refractivity contribution is -0.121. The second kappa shape index (κ2) is 10.4. The van der Waals surface area contributed by atoms with Gasteiger partial charge in [0.05, 0.1) is 17.6 Å². The van der Waals surface area contributed by atoms with Crippen LogP contribution in [0.3, 0.4) is 0 Å². The van der Waals surface area contributed by atoms with E-state index in [0.29, 0.717) is 22.6 Å². The first-order valence-electron chi connectivity index (χ1n) is 10.4. The average Bonchev–Trinajstić information content (AvgIpc) is 2.78. The number of para-hydroxylation sites is 2. The second-order valence-electron chi connectivity index (χ2n) is 7.27. The highest BCUT2D eigenvalue weighted by Crippen LogP contribution is 2.14. The number of carbonyl (C=O) groups excluding carboxylic acids is 1. The highest BCUT2D eigenvalue weighted by molar-refractivity contribution is 6.30. The Bertz CT molecular complexity index is 1160. The Morgan fingerprint density at radius 3 is 2.13 bits per heavy atom. The van der Waals surface area contributed by atoms with Crippen LogP contribution >= 0.6 is 11.6 Å². The van der Waals surface area contributed by atoms with Crippen molar-refractivity contribution in [2.24, 2.45) is 0 Å². The molecule has 3 aromatic rings. The van der Waals surface area contributed by atoms with E-state index in [9.17, 15) is 14.4 Å². The van der Waals surface area contributed by atoms with E-state index in [1.54, 1.807) is 36.4 Å². The number of hydrogen-bond acceptors (Lipinski definition) is 4. The van der Waals surface area contributed by atoms with Crippen molar-refractivity contribution in [2.45, 2.75) is 26.9 Å². The van der Waals surface area contributed by atoms with Crippen molar-refractivity contribution in [2.75, 3.05) is 26.2 Å². The van der Waals surface area contributed by atoms with E-state index < -0.39 is 11.1 Å². The fourth-order valence-electron chi connectivity index (χ4n) is 3.55. The van der Waals surface area contributed by atoms with E-state index in [0.717, 1.165) is 25.2 Å². The first-order valence-corrected chi connectivity index (χ1v) is 10.8. The van der Waals surface area contributed by atoms with Crippen LogP contribution in [0, 0.1) is 0 Å². The first-order chi connectivity index (χ1) is 14.9. The Labute approximate surface area is 185 Å². The molecule has 3 rings (SSSR count). The van der Waals surface area contributed by atoms with Crippen LogP contribution in [-0.2, 0) is 17.9 Å². The van der Waals surface area contributed by atoms with E-state index in [1.165, 1.54) is 9.13 Å². The number of fused-ring (bicyclic) bond motifs is 1. The summed E-state index contributed by atoms with van der Waals surface area (Å²) in [6.07, 6.45) is 0. The predicted molar refractivity (Wildman–Crippen MR) is 124 cm³/mol. The molecule has 0 radical (unpaired) electrons. The zero-order chi connectivity index (χ0) is 22.4. The van der Waals surface area contributed by atoms with E-state index >= 15 is 0 Å². The molecule has 0 aliphatic carbocycles. The number of hydrogen-bond donors (Lipinski definition) is 1. The number of nitrogens with one attached hydrogen (secondary N) is 1. The van der Waals surface area contributed by atoms with Gasteiger partial charge in [0.15, 0.2) is 0 Å². The van der Waals surface area contributed by atoms with Gasteiger partial charge in [0, 0.05) is 18.1 Å². The minimum absolute atomic E-state index is 0.200. The van der Waals surface area contributed by atoms with Crippen LogP contribution in [-0.4, -0.2) is 46.1 Å². The molecule has 2 aromatic carbocycles. The molecule has 0 atom stereocenters. The third-order valence-electron chi connectivity index (χ3n) is 5.34. The lowest BCUT2D eigenvalue weighted by Crippen LogP contribution is -2.44. The second-order valence-corrected chi connectivity index (χ2v) is 7.71. The Hall–Kier alpha value is -2.90. The van der Waals surface area contributed by atoms with Crippen molar-refractivity contribution in [3.8, 4) is 0 Å². The minimum atomic E-state index is -0.716. The molecule has 1 heterocycles. The molecule has 1 amide bonds. The summed E-state index contributed by atoms with van der Waals surface area (Å²) in [7, 11) is 0. The number of nitrogens with zero attached hydrogens (tertiary/aromatic N) is 3. The highest BCUT2D eigenvalue weighted by atomic mass is 35.5. The molecule has 0 fully saturated rings. The lowest BCUT2D eigenvalue weighted by Gasteiger charge is -2.18. The molecule has 8 heteroatoms. The van der Waals surface area contributed by atoms with Gasteiger partial charge < -0.3 is 10.2 Å². The summed E-state index contributed by atoms with van der Waals surface area (Å²) in [5.41, 5.74) is 0.608. The third-order valence-corrected chi connectivity index (χ3v) is 5.59. The summed E-state index contributed by atoms with van der Waals surface area (Å²) in [5.74, 6) is -0.297. The molecule has 0 spiro atoms. The van der Waals surface area contributed by atoms with E-state index in [2.05, 4.69) is 24.1 Å².